The van der Waals surface area contributed by atoms with E-state index in [-0.39, 0.29) is 59.1 Å². The minimum atomic E-state index is -1.23. The van der Waals surface area contributed by atoms with Gasteiger partial charge in [-0.3, -0.25) is 29.4 Å². The Balaban J connectivity index is 0.817. The number of nitrogens with zero attached hydrogens (tertiary/aromatic N) is 3. The molecule has 3 heterocycles. The number of piperidine rings is 2. The van der Waals surface area contributed by atoms with Crippen LogP contribution in [0.2, 0.25) is 5.02 Å². The monoisotopic (exact) mass is 778 g/mol. The van der Waals surface area contributed by atoms with Gasteiger partial charge in [0.05, 0.1) is 10.6 Å². The number of nitriles is 1. The smallest absolute Gasteiger partial charge is 0.257 e. The number of carbonyl (C=O) groups excluding carboxylic acids is 4. The van der Waals surface area contributed by atoms with Crippen LogP contribution in [0.5, 0.6) is 5.75 Å². The molecule has 2 aliphatic carbocycles. The maximum atomic E-state index is 13.5. The molecule has 0 radical (unpaired) electrons. The molecule has 0 aromatic heterocycles. The van der Waals surface area contributed by atoms with Crippen LogP contribution in [0.1, 0.15) is 104 Å². The van der Waals surface area contributed by atoms with E-state index in [1.165, 1.54) is 4.90 Å². The molecule has 4 amide bonds. The van der Waals surface area contributed by atoms with E-state index in [1.54, 1.807) is 30.3 Å². The Labute approximate surface area is 331 Å². The first-order valence-electron chi connectivity index (χ1n) is 19.4. The van der Waals surface area contributed by atoms with Crippen LogP contribution in [0.3, 0.4) is 0 Å². The predicted octanol–water partition coefficient (Wildman–Crippen LogP) is 5.94. The molecule has 2 saturated heterocycles. The molecule has 292 valence electrons. The summed E-state index contributed by atoms with van der Waals surface area (Å²) in [6, 6.07) is 19.6. The lowest BCUT2D eigenvalue weighted by atomic mass is 9.49. The molecule has 2 atom stereocenters. The van der Waals surface area contributed by atoms with E-state index in [1.807, 2.05) is 30.3 Å². The average Bonchev–Trinajstić information content (AvgIpc) is 3.40. The lowest BCUT2D eigenvalue weighted by Gasteiger charge is -2.63. The molecule has 3 aromatic carbocycles. The van der Waals surface area contributed by atoms with Crippen molar-refractivity contribution in [2.24, 2.45) is 16.2 Å². The third kappa shape index (κ3) is 6.44. The largest absolute Gasteiger partial charge is 0.489 e. The van der Waals surface area contributed by atoms with Crippen molar-refractivity contribution in [2.45, 2.75) is 96.7 Å². The summed E-state index contributed by atoms with van der Waals surface area (Å²) in [5, 5.41) is 29.6. The van der Waals surface area contributed by atoms with Crippen molar-refractivity contribution >= 4 is 46.6 Å². The van der Waals surface area contributed by atoms with Crippen LogP contribution in [0, 0.1) is 27.6 Å². The van der Waals surface area contributed by atoms with E-state index in [4.69, 9.17) is 16.3 Å². The number of carbonyl (C=O) groups is 4. The number of hydrogen-bond donors (Lipinski definition) is 4. The molecule has 0 bridgehead atoms. The molecule has 4 fully saturated rings. The van der Waals surface area contributed by atoms with Gasteiger partial charge in [0, 0.05) is 76.6 Å². The van der Waals surface area contributed by atoms with Gasteiger partial charge in [-0.1, -0.05) is 45.4 Å². The molecular weight excluding hydrogens is 732 g/mol. The second-order valence-corrected chi connectivity index (χ2v) is 17.8. The Morgan fingerprint density at radius 2 is 1.68 bits per heavy atom. The summed E-state index contributed by atoms with van der Waals surface area (Å²) in [5.74, 6) is -0.862. The zero-order valence-electron chi connectivity index (χ0n) is 32.0. The second kappa shape index (κ2) is 13.8. The number of rotatable bonds is 8. The summed E-state index contributed by atoms with van der Waals surface area (Å²) in [5.41, 5.74) is 3.30. The van der Waals surface area contributed by atoms with Crippen LogP contribution in [-0.4, -0.2) is 71.0 Å². The summed E-state index contributed by atoms with van der Waals surface area (Å²) in [7, 11) is 0. The molecule has 13 heteroatoms. The van der Waals surface area contributed by atoms with E-state index < -0.39 is 24.1 Å². The Bertz CT molecular complexity index is 2130. The summed E-state index contributed by atoms with van der Waals surface area (Å²) in [4.78, 5) is 54.5. The van der Waals surface area contributed by atoms with Crippen molar-refractivity contribution < 1.29 is 29.0 Å². The average molecular weight is 779 g/mol. The molecule has 8 rings (SSSR count). The van der Waals surface area contributed by atoms with Gasteiger partial charge in [0.1, 0.15) is 24.0 Å². The minimum Gasteiger partial charge on any atom is -0.489 e. The third-order valence-corrected chi connectivity index (χ3v) is 13.4. The highest BCUT2D eigenvalue weighted by molar-refractivity contribution is 6.31. The number of nitrogens with one attached hydrogen (secondary N) is 3. The van der Waals surface area contributed by atoms with Gasteiger partial charge in [-0.05, 0) is 86.1 Å². The van der Waals surface area contributed by atoms with E-state index in [0.29, 0.717) is 33.0 Å². The highest BCUT2D eigenvalue weighted by Crippen LogP contribution is 2.56. The van der Waals surface area contributed by atoms with Gasteiger partial charge < -0.3 is 25.4 Å². The van der Waals surface area contributed by atoms with Crippen molar-refractivity contribution in [2.75, 3.05) is 23.3 Å². The van der Waals surface area contributed by atoms with Crippen LogP contribution < -0.4 is 25.6 Å². The van der Waals surface area contributed by atoms with Gasteiger partial charge in [0.2, 0.25) is 11.8 Å². The fourth-order valence-corrected chi connectivity index (χ4v) is 10.5. The highest BCUT2D eigenvalue weighted by atomic mass is 35.5. The Hall–Kier alpha value is -5.12. The Kier molecular flexibility index (Phi) is 9.32. The molecule has 1 spiro atoms. The number of benzene rings is 3. The highest BCUT2D eigenvalue weighted by Gasteiger charge is 2.64. The van der Waals surface area contributed by atoms with Crippen LogP contribution in [0.25, 0.3) is 0 Å². The number of aliphatic hydroxyl groups is 1. The maximum absolute atomic E-state index is 13.5. The number of aliphatic hydroxyl groups excluding tert-OH is 1. The fraction of sp³-hybridized carbons (Fsp3) is 0.465. The van der Waals surface area contributed by atoms with Crippen LogP contribution in [-0.2, 0) is 9.59 Å². The van der Waals surface area contributed by atoms with E-state index in [9.17, 15) is 29.5 Å². The number of imide groups is 1. The zero-order valence-corrected chi connectivity index (χ0v) is 32.8. The first-order chi connectivity index (χ1) is 26.6. The van der Waals surface area contributed by atoms with Gasteiger partial charge in [0.15, 0.2) is 6.23 Å². The zero-order chi connectivity index (χ0) is 39.7. The van der Waals surface area contributed by atoms with Crippen molar-refractivity contribution in [1.29, 1.82) is 5.26 Å². The van der Waals surface area contributed by atoms with E-state index in [2.05, 4.69) is 54.6 Å². The standard InChI is InChI=1S/C43H47ClN6O6/c1-41(2)39(42(3,4)40(41)56-29-11-7-25(23-45)32(44)20-29)48-35(52)24-5-9-28(10-6-24)49-17-15-43(16-18-49)21-27(22-43)46-26-8-12-30-31(19-26)38(55)50(37(30)54)33-13-14-34(51)47-36(33)53/h5-12,19-20,27,33,37,39-40,46,54H,13-18,21-22H2,1-4H3,(H,48,52)(H,47,51,53)/t33?,37?,39-,40-. The molecule has 3 aliphatic heterocycles. The lowest BCUT2D eigenvalue weighted by molar-refractivity contribution is -0.164. The molecular formula is C43H47ClN6O6. The number of ether oxygens (including phenoxy) is 1. The molecule has 56 heavy (non-hydrogen) atoms. The molecule has 12 nitrogen and oxygen atoms in total. The van der Waals surface area contributed by atoms with Crippen LogP contribution in [0.15, 0.2) is 60.7 Å². The number of amides is 4. The second-order valence-electron chi connectivity index (χ2n) is 17.4. The van der Waals surface area contributed by atoms with E-state index >= 15 is 0 Å². The molecule has 2 unspecified atom stereocenters. The van der Waals surface area contributed by atoms with Gasteiger partial charge in [-0.15, -0.1) is 0 Å². The third-order valence-electron chi connectivity index (χ3n) is 13.1. The fourth-order valence-electron chi connectivity index (χ4n) is 10.3. The van der Waals surface area contributed by atoms with Crippen LogP contribution in [0.4, 0.5) is 11.4 Å². The summed E-state index contributed by atoms with van der Waals surface area (Å²) < 4.78 is 6.38. The van der Waals surface area contributed by atoms with Crippen molar-refractivity contribution in [3.8, 4) is 11.8 Å². The number of halogens is 1. The topological polar surface area (TPSA) is 164 Å². The van der Waals surface area contributed by atoms with Gasteiger partial charge in [-0.25, -0.2) is 0 Å². The number of hydrogen-bond acceptors (Lipinski definition) is 9. The first-order valence-corrected chi connectivity index (χ1v) is 19.8. The maximum Gasteiger partial charge on any atom is 0.257 e. The molecule has 3 aromatic rings. The normalized spacial score (nSPS) is 26.1. The van der Waals surface area contributed by atoms with Gasteiger partial charge >= 0.3 is 0 Å². The number of anilines is 2. The molecule has 2 saturated carbocycles. The van der Waals surface area contributed by atoms with Gasteiger partial charge in [-0.2, -0.15) is 5.26 Å². The quantitative estimate of drug-likeness (QED) is 0.203. The minimum absolute atomic E-state index is 0.122. The Morgan fingerprint density at radius 1 is 0.982 bits per heavy atom. The predicted molar refractivity (Wildman–Crippen MR) is 210 cm³/mol. The lowest BCUT2D eigenvalue weighted by Crippen LogP contribution is -2.74. The van der Waals surface area contributed by atoms with Crippen molar-refractivity contribution in [3.05, 3.63) is 87.9 Å². The van der Waals surface area contributed by atoms with Crippen molar-refractivity contribution in [3.63, 3.8) is 0 Å². The first kappa shape index (κ1) is 37.8. The van der Waals surface area contributed by atoms with Crippen LogP contribution >= 0.6 is 11.6 Å². The SMILES string of the molecule is CC1(C)[C@H](NC(=O)c2ccc(N3CCC4(CC3)CC(Nc3ccc5c(c3)C(=O)N(C3CCC(=O)NC3=O)C5O)C4)cc2)C(C)(C)[C@H]1Oc1ccc(C#N)c(Cl)c1. The summed E-state index contributed by atoms with van der Waals surface area (Å²) in [6.07, 6.45) is 3.07. The van der Waals surface area contributed by atoms with Gasteiger partial charge in [0.25, 0.3) is 11.8 Å². The van der Waals surface area contributed by atoms with E-state index in [0.717, 1.165) is 50.1 Å². The molecule has 5 aliphatic rings. The van der Waals surface area contributed by atoms with Crippen molar-refractivity contribution in [1.82, 2.24) is 15.5 Å². The summed E-state index contributed by atoms with van der Waals surface area (Å²) >= 11 is 6.25. The number of fused-ring (bicyclic) bond motifs is 1. The molecule has 4 N–H and O–H groups in total. The Morgan fingerprint density at radius 3 is 2.32 bits per heavy atom. The summed E-state index contributed by atoms with van der Waals surface area (Å²) in [6.45, 7) is 10.2.